The molecule has 0 unspecified atom stereocenters. The van der Waals surface area contributed by atoms with Gasteiger partial charge in [0.1, 0.15) is 0 Å². The van der Waals surface area contributed by atoms with Crippen LogP contribution in [-0.2, 0) is 6.42 Å². The molecule has 0 aliphatic carbocycles. The Morgan fingerprint density at radius 1 is 1.44 bits per heavy atom. The summed E-state index contributed by atoms with van der Waals surface area (Å²) < 4.78 is 0. The van der Waals surface area contributed by atoms with Gasteiger partial charge in [0.25, 0.3) is 0 Å². The molecule has 1 aliphatic heterocycles. The highest BCUT2D eigenvalue weighted by atomic mass is 32.1. The lowest BCUT2D eigenvalue weighted by molar-refractivity contribution is -0.0233. The molecule has 1 fully saturated rings. The number of aromatic nitrogens is 1. The number of likely N-dealkylation sites (tertiary alicyclic amines) is 1. The highest BCUT2D eigenvalue weighted by Gasteiger charge is 2.33. The van der Waals surface area contributed by atoms with Crippen molar-refractivity contribution in [3.8, 4) is 0 Å². The summed E-state index contributed by atoms with van der Waals surface area (Å²) in [6, 6.07) is 0. The van der Waals surface area contributed by atoms with Gasteiger partial charge in [-0.25, -0.2) is 4.98 Å². The van der Waals surface area contributed by atoms with E-state index in [0.717, 1.165) is 43.2 Å². The summed E-state index contributed by atoms with van der Waals surface area (Å²) in [5.74, 6) is 0.706. The van der Waals surface area contributed by atoms with Gasteiger partial charge in [-0.1, -0.05) is 13.8 Å². The molecule has 0 spiro atoms. The minimum absolute atomic E-state index is 0.534. The molecular weight excluding hydrogens is 244 g/mol. The monoisotopic (exact) mass is 268 g/mol. The molecule has 0 saturated carbocycles. The molecule has 1 saturated heterocycles. The SMILES string of the molecule is Cc1nc(CC2(O)CCN(CC(C)C)CC2)cs1. The van der Waals surface area contributed by atoms with Crippen molar-refractivity contribution >= 4 is 11.3 Å². The molecule has 0 amide bonds. The van der Waals surface area contributed by atoms with E-state index in [9.17, 15) is 5.11 Å². The molecule has 2 rings (SSSR count). The van der Waals surface area contributed by atoms with E-state index in [0.29, 0.717) is 12.3 Å². The van der Waals surface area contributed by atoms with E-state index >= 15 is 0 Å². The van der Waals surface area contributed by atoms with Crippen LogP contribution in [0.1, 0.15) is 37.4 Å². The van der Waals surface area contributed by atoms with Crippen molar-refractivity contribution in [2.45, 2.75) is 45.6 Å². The van der Waals surface area contributed by atoms with Crippen LogP contribution in [0.25, 0.3) is 0 Å². The van der Waals surface area contributed by atoms with Gasteiger partial charge < -0.3 is 10.0 Å². The van der Waals surface area contributed by atoms with Gasteiger partial charge in [0.2, 0.25) is 0 Å². The molecule has 4 heteroatoms. The zero-order valence-corrected chi connectivity index (χ0v) is 12.5. The predicted molar refractivity (Wildman–Crippen MR) is 76.0 cm³/mol. The zero-order valence-electron chi connectivity index (χ0n) is 11.6. The first-order valence-electron chi connectivity index (χ1n) is 6.83. The number of aliphatic hydroxyl groups is 1. The molecule has 1 N–H and O–H groups in total. The molecule has 2 heterocycles. The maximum Gasteiger partial charge on any atom is 0.0897 e. The van der Waals surface area contributed by atoms with Crippen molar-refractivity contribution in [2.75, 3.05) is 19.6 Å². The molecule has 1 aliphatic rings. The quantitative estimate of drug-likeness (QED) is 0.911. The molecule has 102 valence electrons. The maximum absolute atomic E-state index is 10.6. The lowest BCUT2D eigenvalue weighted by Gasteiger charge is -2.38. The Morgan fingerprint density at radius 2 is 2.11 bits per heavy atom. The first kappa shape index (κ1) is 14.0. The Morgan fingerprint density at radius 3 is 2.61 bits per heavy atom. The van der Waals surface area contributed by atoms with Crippen LogP contribution in [0.4, 0.5) is 0 Å². The second-order valence-corrected chi connectivity index (χ2v) is 7.02. The Hall–Kier alpha value is -0.450. The first-order chi connectivity index (χ1) is 8.47. The van der Waals surface area contributed by atoms with Crippen LogP contribution >= 0.6 is 11.3 Å². The minimum Gasteiger partial charge on any atom is -0.389 e. The average molecular weight is 268 g/mol. The number of hydrogen-bond donors (Lipinski definition) is 1. The molecule has 1 aromatic heterocycles. The molecule has 3 nitrogen and oxygen atoms in total. The van der Waals surface area contributed by atoms with Crippen molar-refractivity contribution < 1.29 is 5.11 Å². The van der Waals surface area contributed by atoms with Crippen LogP contribution < -0.4 is 0 Å². The Balaban J connectivity index is 1.87. The predicted octanol–water partition coefficient (Wildman–Crippen LogP) is 2.48. The van der Waals surface area contributed by atoms with Gasteiger partial charge >= 0.3 is 0 Å². The summed E-state index contributed by atoms with van der Waals surface area (Å²) >= 11 is 1.67. The molecule has 0 aromatic carbocycles. The molecule has 0 radical (unpaired) electrons. The number of rotatable bonds is 4. The number of thiazole rings is 1. The smallest absolute Gasteiger partial charge is 0.0897 e. The van der Waals surface area contributed by atoms with E-state index in [-0.39, 0.29) is 0 Å². The second kappa shape index (κ2) is 5.68. The van der Waals surface area contributed by atoms with E-state index < -0.39 is 5.60 Å². The highest BCUT2D eigenvalue weighted by molar-refractivity contribution is 7.09. The van der Waals surface area contributed by atoms with E-state index in [2.05, 4.69) is 29.1 Å². The topological polar surface area (TPSA) is 36.4 Å². The first-order valence-corrected chi connectivity index (χ1v) is 7.70. The van der Waals surface area contributed by atoms with E-state index in [1.54, 1.807) is 11.3 Å². The van der Waals surface area contributed by atoms with Crippen LogP contribution in [0.3, 0.4) is 0 Å². The number of piperidine rings is 1. The fourth-order valence-corrected chi connectivity index (χ4v) is 3.28. The molecule has 0 bridgehead atoms. The molecular formula is C14H24N2OS. The maximum atomic E-state index is 10.6. The van der Waals surface area contributed by atoms with E-state index in [1.807, 2.05) is 6.92 Å². The molecule has 0 atom stereocenters. The number of aryl methyl sites for hydroxylation is 1. The van der Waals surface area contributed by atoms with Gasteiger partial charge in [-0.3, -0.25) is 0 Å². The standard InChI is InChI=1S/C14H24N2OS/c1-11(2)9-16-6-4-14(17,5-7-16)8-13-10-18-12(3)15-13/h10-11,17H,4-9H2,1-3H3. The average Bonchev–Trinajstić information content (AvgIpc) is 2.67. The van der Waals surface area contributed by atoms with Crippen molar-refractivity contribution in [3.05, 3.63) is 16.1 Å². The van der Waals surface area contributed by atoms with Crippen LogP contribution in [0, 0.1) is 12.8 Å². The van der Waals surface area contributed by atoms with Gasteiger partial charge in [0.05, 0.1) is 16.3 Å². The van der Waals surface area contributed by atoms with Gasteiger partial charge in [-0.2, -0.15) is 0 Å². The Bertz CT molecular complexity index is 381. The van der Waals surface area contributed by atoms with Gasteiger partial charge in [0, 0.05) is 31.4 Å². The lowest BCUT2D eigenvalue weighted by atomic mass is 9.87. The fourth-order valence-electron chi connectivity index (χ4n) is 2.67. The van der Waals surface area contributed by atoms with Crippen LogP contribution in [0.15, 0.2) is 5.38 Å². The summed E-state index contributed by atoms with van der Waals surface area (Å²) in [6.45, 7) is 9.68. The van der Waals surface area contributed by atoms with Gasteiger partial charge in [-0.15, -0.1) is 11.3 Å². The third kappa shape index (κ3) is 3.77. The Labute approximate surface area is 114 Å². The van der Waals surface area contributed by atoms with Crippen LogP contribution in [-0.4, -0.2) is 40.2 Å². The normalized spacial score (nSPS) is 20.5. The molecule has 1 aromatic rings. The van der Waals surface area contributed by atoms with Crippen LogP contribution in [0.5, 0.6) is 0 Å². The highest BCUT2D eigenvalue weighted by Crippen LogP contribution is 2.27. The fraction of sp³-hybridized carbons (Fsp3) is 0.786. The number of hydrogen-bond acceptors (Lipinski definition) is 4. The van der Waals surface area contributed by atoms with Gasteiger partial charge in [0.15, 0.2) is 0 Å². The third-order valence-corrected chi connectivity index (χ3v) is 4.41. The summed E-state index contributed by atoms with van der Waals surface area (Å²) in [6.07, 6.45) is 2.46. The zero-order chi connectivity index (χ0) is 13.2. The third-order valence-electron chi connectivity index (χ3n) is 3.59. The van der Waals surface area contributed by atoms with E-state index in [4.69, 9.17) is 0 Å². The summed E-state index contributed by atoms with van der Waals surface area (Å²) in [5, 5.41) is 13.8. The Kier molecular flexibility index (Phi) is 4.41. The molecule has 18 heavy (non-hydrogen) atoms. The van der Waals surface area contributed by atoms with Crippen molar-refractivity contribution in [3.63, 3.8) is 0 Å². The van der Waals surface area contributed by atoms with Gasteiger partial charge in [-0.05, 0) is 25.7 Å². The summed E-state index contributed by atoms with van der Waals surface area (Å²) in [4.78, 5) is 6.93. The van der Waals surface area contributed by atoms with Crippen molar-refractivity contribution in [2.24, 2.45) is 5.92 Å². The summed E-state index contributed by atoms with van der Waals surface area (Å²) in [7, 11) is 0. The summed E-state index contributed by atoms with van der Waals surface area (Å²) in [5.41, 5.74) is 0.519. The lowest BCUT2D eigenvalue weighted by Crippen LogP contribution is -2.46. The second-order valence-electron chi connectivity index (χ2n) is 5.95. The minimum atomic E-state index is -0.534. The van der Waals surface area contributed by atoms with Crippen molar-refractivity contribution in [1.82, 2.24) is 9.88 Å². The number of nitrogens with zero attached hydrogens (tertiary/aromatic N) is 2. The van der Waals surface area contributed by atoms with E-state index in [1.165, 1.54) is 0 Å². The van der Waals surface area contributed by atoms with Crippen LogP contribution in [0.2, 0.25) is 0 Å². The largest absolute Gasteiger partial charge is 0.389 e. The van der Waals surface area contributed by atoms with Crippen molar-refractivity contribution in [1.29, 1.82) is 0 Å².